The maximum atomic E-state index is 14.1. The molecule has 36 nitrogen and oxygen atoms in total. The van der Waals surface area contributed by atoms with Gasteiger partial charge in [0.05, 0.1) is 19.2 Å². The van der Waals surface area contributed by atoms with Crippen LogP contribution in [-0.2, 0) is 94.5 Å². The van der Waals surface area contributed by atoms with Crippen molar-refractivity contribution in [1.82, 2.24) is 74.4 Å². The van der Waals surface area contributed by atoms with Crippen molar-refractivity contribution in [3.8, 4) is 0 Å². The molecule has 0 saturated heterocycles. The molecule has 0 bridgehead atoms. The Bertz CT molecular complexity index is 3640. The molecule has 17 amide bonds. The zero-order valence-electron chi connectivity index (χ0n) is 67.1. The molecule has 36 heteroatoms. The van der Waals surface area contributed by atoms with E-state index in [9.17, 15) is 86.6 Å². The number of primary amides is 3. The summed E-state index contributed by atoms with van der Waals surface area (Å²) in [4.78, 5) is 229. The number of aliphatic hydroxyl groups excluding tert-OH is 1. The van der Waals surface area contributed by atoms with Crippen LogP contribution in [0.2, 0.25) is 0 Å². The molecule has 0 aromatic heterocycles. The summed E-state index contributed by atoms with van der Waals surface area (Å²) in [5.41, 5.74) is 6.72. The Labute approximate surface area is 648 Å². The van der Waals surface area contributed by atoms with Gasteiger partial charge in [0.15, 0.2) is 0 Å². The molecule has 2 rings (SSSR count). The summed E-state index contributed by atoms with van der Waals surface area (Å²) in [7, 11) is 0. The van der Waals surface area contributed by atoms with Crippen molar-refractivity contribution in [1.29, 1.82) is 0 Å². The first kappa shape index (κ1) is 96.3. The summed E-state index contributed by atoms with van der Waals surface area (Å²) in [6, 6.07) is 8.40. The normalized spacial score (nSPS) is 14.0. The van der Waals surface area contributed by atoms with E-state index in [1.807, 2.05) is 0 Å². The molecule has 111 heavy (non-hydrogen) atoms. The first-order valence-electron chi connectivity index (χ1n) is 36.7. The second kappa shape index (κ2) is 43.0. The minimum absolute atomic E-state index is 0.0283. The van der Waals surface area contributed by atoms with Gasteiger partial charge in [-0.2, -0.15) is 0 Å². The second-order valence-electron chi connectivity index (χ2n) is 31.5. The van der Waals surface area contributed by atoms with Crippen molar-refractivity contribution in [2.75, 3.05) is 13.2 Å². The zero-order valence-corrected chi connectivity index (χ0v) is 67.1. The topological polar surface area (TPSA) is 566 Å². The highest BCUT2D eigenvalue weighted by atomic mass is 16.5. The van der Waals surface area contributed by atoms with E-state index in [0.717, 1.165) is 5.56 Å². The van der Waals surface area contributed by atoms with E-state index >= 15 is 0 Å². The van der Waals surface area contributed by atoms with E-state index < -0.39 is 208 Å². The van der Waals surface area contributed by atoms with E-state index in [1.165, 1.54) is 83.1 Å². The van der Waals surface area contributed by atoms with Crippen molar-refractivity contribution in [2.45, 2.75) is 265 Å². The number of hydrogen-bond donors (Lipinski definition) is 18. The Morgan fingerprint density at radius 1 is 0.405 bits per heavy atom. The molecule has 2 aromatic carbocycles. The van der Waals surface area contributed by atoms with Crippen molar-refractivity contribution >= 4 is 101 Å². The molecule has 0 saturated carbocycles. The summed E-state index contributed by atoms with van der Waals surface area (Å²) in [6.07, 6.45) is -2.45. The van der Waals surface area contributed by atoms with Crippen LogP contribution in [0.25, 0.3) is 0 Å². The quantitative estimate of drug-likeness (QED) is 0.0357. The van der Waals surface area contributed by atoms with Crippen LogP contribution in [0.1, 0.15) is 187 Å². The fourth-order valence-electron chi connectivity index (χ4n) is 10.5. The maximum absolute atomic E-state index is 14.1. The largest absolute Gasteiger partial charge is 0.445 e. The van der Waals surface area contributed by atoms with E-state index in [4.69, 9.17) is 21.9 Å². The predicted octanol–water partition coefficient (Wildman–Crippen LogP) is -1.55. The first-order chi connectivity index (χ1) is 51.2. The molecule has 0 aliphatic carbocycles. The van der Waals surface area contributed by atoms with Crippen LogP contribution in [-0.4, -0.2) is 194 Å². The van der Waals surface area contributed by atoms with Gasteiger partial charge in [0, 0.05) is 19.3 Å². The fourth-order valence-corrected chi connectivity index (χ4v) is 10.5. The molecule has 618 valence electrons. The highest BCUT2D eigenvalue weighted by molar-refractivity contribution is 6.03. The lowest BCUT2D eigenvalue weighted by Gasteiger charge is -2.35. The van der Waals surface area contributed by atoms with Crippen LogP contribution < -0.4 is 91.6 Å². The number of benzene rings is 2. The average Bonchev–Trinajstić information content (AvgIpc) is 0.821. The van der Waals surface area contributed by atoms with E-state index in [0.29, 0.717) is 12.0 Å². The minimum Gasteiger partial charge on any atom is -0.445 e. The Balaban J connectivity index is 2.16. The molecule has 21 N–H and O–H groups in total. The molecule has 2 aromatic rings. The molecule has 8 atom stereocenters. The number of amides is 17. The van der Waals surface area contributed by atoms with E-state index in [2.05, 4.69) is 74.4 Å². The number of aliphatic hydroxyl groups is 1. The third-order valence-electron chi connectivity index (χ3n) is 17.8. The van der Waals surface area contributed by atoms with Gasteiger partial charge in [-0.25, -0.2) is 4.79 Å². The summed E-state index contributed by atoms with van der Waals surface area (Å²) in [5.74, 6) is -15.3. The molecule has 0 radical (unpaired) electrons. The van der Waals surface area contributed by atoms with Gasteiger partial charge in [0.1, 0.15) is 76.1 Å². The molecule has 0 fully saturated rings. The molecular formula is C75H119N17O19. The van der Waals surface area contributed by atoms with Crippen molar-refractivity contribution in [3.63, 3.8) is 0 Å². The average molecular weight is 1560 g/mol. The Kier molecular flexibility index (Phi) is 37.3. The van der Waals surface area contributed by atoms with Crippen LogP contribution in [0.4, 0.5) is 4.79 Å². The van der Waals surface area contributed by atoms with Crippen LogP contribution in [0.5, 0.6) is 0 Å². The summed E-state index contributed by atoms with van der Waals surface area (Å²) in [5, 5.41) is 45.8. The Morgan fingerprint density at radius 2 is 0.775 bits per heavy atom. The Hall–Kier alpha value is -10.8. The first-order valence-corrected chi connectivity index (χ1v) is 36.7. The van der Waals surface area contributed by atoms with Gasteiger partial charge in [-0.05, 0) is 144 Å². The number of nitrogens with one attached hydrogen (secondary N) is 14. The number of carbonyl (C=O) groups is 17. The Morgan fingerprint density at radius 3 is 1.21 bits per heavy atom. The van der Waals surface area contributed by atoms with Gasteiger partial charge in [-0.15, -0.1) is 0 Å². The van der Waals surface area contributed by atoms with E-state index in [1.54, 1.807) is 102 Å². The lowest BCUT2D eigenvalue weighted by molar-refractivity contribution is -0.141. The van der Waals surface area contributed by atoms with Crippen molar-refractivity contribution in [2.24, 2.45) is 35.0 Å². The second-order valence-corrected chi connectivity index (χ2v) is 31.5. The smallest absolute Gasteiger partial charge is 0.408 e. The van der Waals surface area contributed by atoms with Gasteiger partial charge in [-0.3, -0.25) is 76.7 Å². The van der Waals surface area contributed by atoms with Crippen molar-refractivity contribution in [3.05, 3.63) is 71.8 Å². The van der Waals surface area contributed by atoms with Crippen LogP contribution >= 0.6 is 0 Å². The number of alkyl carbamates (subject to hydrolysis) is 1. The number of ether oxygens (including phenoxy) is 1. The van der Waals surface area contributed by atoms with Gasteiger partial charge in [0.25, 0.3) is 0 Å². The van der Waals surface area contributed by atoms with Gasteiger partial charge in [-0.1, -0.05) is 109 Å². The molecular weight excluding hydrogens is 1440 g/mol. The van der Waals surface area contributed by atoms with Gasteiger partial charge >= 0.3 is 6.09 Å². The number of nitrogens with two attached hydrogens (primary N) is 3. The highest BCUT2D eigenvalue weighted by Gasteiger charge is 2.45. The fraction of sp³-hybridized carbons (Fsp3) is 0.613. The minimum atomic E-state index is -1.88. The van der Waals surface area contributed by atoms with E-state index in [-0.39, 0.29) is 57.5 Å². The molecule has 0 aliphatic heterocycles. The predicted molar refractivity (Wildman–Crippen MR) is 408 cm³/mol. The van der Waals surface area contributed by atoms with Gasteiger partial charge in [0.2, 0.25) is 94.5 Å². The third kappa shape index (κ3) is 33.1. The maximum Gasteiger partial charge on any atom is 0.408 e. The summed E-state index contributed by atoms with van der Waals surface area (Å²) in [6.45, 7) is 24.6. The molecule has 0 spiro atoms. The molecule has 0 unspecified atom stereocenters. The zero-order chi connectivity index (χ0) is 84.9. The van der Waals surface area contributed by atoms with Gasteiger partial charge < -0.3 is 101 Å². The number of carbonyl (C=O) groups excluding carboxylic acids is 17. The monoisotopic (exact) mass is 1560 g/mol. The van der Waals surface area contributed by atoms with Crippen LogP contribution in [0.15, 0.2) is 60.7 Å². The number of hydrogen-bond acceptors (Lipinski definition) is 19. The lowest BCUT2D eigenvalue weighted by Crippen LogP contribution is -2.67. The van der Waals surface area contributed by atoms with Crippen LogP contribution in [0.3, 0.4) is 0 Å². The standard InChI is InChI=1S/C75H119N17O19/c1-19-43(6)56(86-65(106)71(9,10)87-59(100)49(32-35-53(78)96)84-69(110)111-40-45-28-24-21-25-29-45)62(103)90-70(7,8)63(104)79-38-54(97)81-50(36-41(2)3)60(101)88-74(15,16)67(108)92-73(13,14)66(107)85-55(42(4)5)61(102)89-75(17,18)68(109)91-72(11,12)64(105)83-48(31-34-52(77)95)58(99)82-47(30-33-51(76)94)57(98)80-46(39-93)37-44-26-22-20-23-27-44/h20-29,41-43,46-50,55-56,93H,19,30-40H2,1-18H3,(H2,76,94)(H2,77,95)(H2,78,96)(H,79,104)(H,80,98)(H,81,97)(H,82,99)(H,83,105)(H,84,110)(H,85,107)(H,86,106)(H,87,100)(H,88,101)(H,89,102)(H,90,103)(H,91,109)(H,92,108)/t43-,46-,47-,48-,49-,50-,55-,56-/m0/s1. The lowest BCUT2D eigenvalue weighted by atomic mass is 9.94. The molecule has 0 heterocycles. The third-order valence-corrected chi connectivity index (χ3v) is 17.8. The summed E-state index contributed by atoms with van der Waals surface area (Å²) >= 11 is 0. The molecule has 0 aliphatic rings. The van der Waals surface area contributed by atoms with Crippen molar-refractivity contribution < 1.29 is 91.4 Å². The highest BCUT2D eigenvalue weighted by Crippen LogP contribution is 2.19. The SMILES string of the molecule is CC[C@H](C)[C@H](NC(=O)C(C)(C)NC(=O)[C@H](CCC(N)=O)NC(=O)OCc1ccccc1)C(=O)NC(C)(C)C(=O)NCC(=O)N[C@@H](CC(C)C)C(=O)NC(C)(C)C(=O)NC(C)(C)C(=O)N[C@H](C(=O)NC(C)(C)C(=O)NC(C)(C)C(=O)N[C@@H](CCC(N)=O)C(=O)N[C@@H](CCC(N)=O)C(=O)N[C@H](CO)Cc1ccccc1)C(C)C. The van der Waals surface area contributed by atoms with Crippen LogP contribution in [0, 0.1) is 17.8 Å². The summed E-state index contributed by atoms with van der Waals surface area (Å²) < 4.78 is 5.24. The number of rotatable bonds is 46.